The number of piperidine rings is 1. The minimum Gasteiger partial charge on any atom is -0.351 e. The maximum absolute atomic E-state index is 13.5. The van der Waals surface area contributed by atoms with Crippen LogP contribution < -0.4 is 16.5 Å². The number of hydrogen-bond acceptors (Lipinski definition) is 4. The summed E-state index contributed by atoms with van der Waals surface area (Å²) in [5, 5.41) is 5.86. The van der Waals surface area contributed by atoms with Crippen LogP contribution in [0, 0.1) is 11.3 Å². The molecule has 2 fully saturated rings. The van der Waals surface area contributed by atoms with Gasteiger partial charge in [0.2, 0.25) is 5.91 Å². The van der Waals surface area contributed by atoms with Gasteiger partial charge in [-0.15, -0.1) is 0 Å². The summed E-state index contributed by atoms with van der Waals surface area (Å²) in [5.74, 6) is 0.412. The molecule has 3 rings (SSSR count). The molecule has 4 N–H and O–H groups in total. The highest BCUT2D eigenvalue weighted by Crippen LogP contribution is 2.46. The van der Waals surface area contributed by atoms with E-state index in [1.54, 1.807) is 12.1 Å². The first kappa shape index (κ1) is 25.0. The van der Waals surface area contributed by atoms with E-state index in [1.165, 1.54) is 19.3 Å². The van der Waals surface area contributed by atoms with Gasteiger partial charge in [-0.2, -0.15) is 0 Å². The van der Waals surface area contributed by atoms with E-state index < -0.39 is 6.04 Å². The first-order valence-corrected chi connectivity index (χ1v) is 12.3. The van der Waals surface area contributed by atoms with E-state index in [0.717, 1.165) is 31.2 Å². The smallest absolute Gasteiger partial charge is 0.251 e. The van der Waals surface area contributed by atoms with Gasteiger partial charge in [-0.3, -0.25) is 15.0 Å². The Morgan fingerprint density at radius 3 is 2.28 bits per heavy atom. The number of amides is 2. The van der Waals surface area contributed by atoms with Crippen LogP contribution >= 0.6 is 11.6 Å². The summed E-state index contributed by atoms with van der Waals surface area (Å²) in [7, 11) is 0. The molecule has 0 spiro atoms. The van der Waals surface area contributed by atoms with Crippen LogP contribution in [0.4, 0.5) is 0 Å². The Morgan fingerprint density at radius 1 is 1.12 bits per heavy atom. The maximum Gasteiger partial charge on any atom is 0.251 e. The monoisotopic (exact) mass is 462 g/mol. The second-order valence-electron chi connectivity index (χ2n) is 10.6. The molecule has 1 aliphatic carbocycles. The van der Waals surface area contributed by atoms with E-state index in [-0.39, 0.29) is 22.8 Å². The topological polar surface area (TPSA) is 87.5 Å². The molecule has 32 heavy (non-hydrogen) atoms. The van der Waals surface area contributed by atoms with E-state index in [9.17, 15) is 9.59 Å². The fraction of sp³-hybridized carbons (Fsp3) is 0.680. The van der Waals surface area contributed by atoms with E-state index in [0.29, 0.717) is 30.5 Å². The third-order valence-electron chi connectivity index (χ3n) is 6.96. The molecule has 1 heterocycles. The van der Waals surface area contributed by atoms with E-state index in [4.69, 9.17) is 17.3 Å². The van der Waals surface area contributed by atoms with Crippen molar-refractivity contribution in [2.24, 2.45) is 17.1 Å². The highest BCUT2D eigenvalue weighted by Gasteiger charge is 2.48. The predicted octanol–water partition coefficient (Wildman–Crippen LogP) is 3.82. The third-order valence-corrected chi connectivity index (χ3v) is 7.21. The van der Waals surface area contributed by atoms with Crippen molar-refractivity contribution in [1.29, 1.82) is 0 Å². The van der Waals surface area contributed by atoms with Crippen LogP contribution in [0.1, 0.15) is 71.3 Å². The number of rotatable bonds is 6. The van der Waals surface area contributed by atoms with Crippen LogP contribution in [0.2, 0.25) is 5.02 Å². The number of carbonyl (C=O) groups is 2. The minimum absolute atomic E-state index is 0.183. The molecule has 0 aromatic heterocycles. The van der Waals surface area contributed by atoms with E-state index >= 15 is 0 Å². The molecule has 2 aliphatic rings. The molecule has 1 aromatic rings. The highest BCUT2D eigenvalue weighted by molar-refractivity contribution is 6.30. The van der Waals surface area contributed by atoms with Gasteiger partial charge in [0, 0.05) is 23.7 Å². The average molecular weight is 463 g/mol. The molecule has 2 amide bonds. The molecule has 0 unspecified atom stereocenters. The van der Waals surface area contributed by atoms with Crippen molar-refractivity contribution in [2.75, 3.05) is 13.1 Å². The maximum atomic E-state index is 13.5. The fourth-order valence-electron chi connectivity index (χ4n) is 5.16. The summed E-state index contributed by atoms with van der Waals surface area (Å²) in [6, 6.07) is 6.76. The second kappa shape index (κ2) is 10.5. The Kier molecular flexibility index (Phi) is 8.23. The summed E-state index contributed by atoms with van der Waals surface area (Å²) in [4.78, 5) is 26.1. The molecule has 7 heteroatoms. The van der Waals surface area contributed by atoms with Crippen molar-refractivity contribution in [1.82, 2.24) is 15.8 Å². The van der Waals surface area contributed by atoms with E-state index in [1.807, 2.05) is 37.9 Å². The summed E-state index contributed by atoms with van der Waals surface area (Å²) >= 11 is 5.93. The standard InChI is InChI=1S/C25H39ClN4O2/c1-24(2,3)28-23(32)25(19-7-5-4-6-8-19)13-15-30(16-14-25)29-22(31)21(27)17-18-9-11-20(26)12-10-18/h9-12,19,21H,4-8,13-17,27H2,1-3H3,(H,28,32)(H,29,31)/t21-/m1/s1. The summed E-state index contributed by atoms with van der Waals surface area (Å²) in [6.45, 7) is 7.44. The number of benzene rings is 1. The van der Waals surface area contributed by atoms with Gasteiger partial charge in [0.15, 0.2) is 0 Å². The Bertz CT molecular complexity index is 776. The number of carbonyl (C=O) groups excluding carboxylic acids is 2. The zero-order valence-electron chi connectivity index (χ0n) is 19.8. The zero-order valence-corrected chi connectivity index (χ0v) is 20.5. The van der Waals surface area contributed by atoms with Gasteiger partial charge in [-0.1, -0.05) is 43.0 Å². The Hall–Kier alpha value is -1.63. The molecule has 178 valence electrons. The average Bonchev–Trinajstić information content (AvgIpc) is 2.75. The predicted molar refractivity (Wildman–Crippen MR) is 129 cm³/mol. The molecule has 6 nitrogen and oxygen atoms in total. The quantitative estimate of drug-likeness (QED) is 0.599. The van der Waals surface area contributed by atoms with Crippen molar-refractivity contribution in [3.63, 3.8) is 0 Å². The van der Waals surface area contributed by atoms with Gasteiger partial charge in [-0.05, 0) is 76.5 Å². The van der Waals surface area contributed by atoms with Crippen molar-refractivity contribution < 1.29 is 9.59 Å². The lowest BCUT2D eigenvalue weighted by Crippen LogP contribution is -2.59. The number of nitrogens with two attached hydrogens (primary N) is 1. The van der Waals surface area contributed by atoms with Gasteiger partial charge < -0.3 is 11.1 Å². The van der Waals surface area contributed by atoms with Gasteiger partial charge in [-0.25, -0.2) is 5.01 Å². The first-order valence-electron chi connectivity index (χ1n) is 12.0. The molecular formula is C25H39ClN4O2. The second-order valence-corrected chi connectivity index (χ2v) is 11.0. The number of nitrogens with zero attached hydrogens (tertiary/aromatic N) is 1. The number of hydrazine groups is 1. The lowest BCUT2D eigenvalue weighted by molar-refractivity contribution is -0.143. The summed E-state index contributed by atoms with van der Waals surface area (Å²) < 4.78 is 0. The normalized spacial score (nSPS) is 21.0. The van der Waals surface area contributed by atoms with Crippen LogP contribution in [0.5, 0.6) is 0 Å². The first-order chi connectivity index (χ1) is 15.1. The summed E-state index contributed by atoms with van der Waals surface area (Å²) in [6.07, 6.45) is 7.88. The van der Waals surface area contributed by atoms with Crippen molar-refractivity contribution in [2.45, 2.75) is 83.7 Å². The van der Waals surface area contributed by atoms with Gasteiger partial charge in [0.25, 0.3) is 5.91 Å². The Morgan fingerprint density at radius 2 is 1.72 bits per heavy atom. The van der Waals surface area contributed by atoms with Crippen LogP contribution in [0.15, 0.2) is 24.3 Å². The van der Waals surface area contributed by atoms with E-state index in [2.05, 4.69) is 10.7 Å². The molecule has 1 atom stereocenters. The molecular weight excluding hydrogens is 424 g/mol. The minimum atomic E-state index is -0.634. The molecule has 0 radical (unpaired) electrons. The highest BCUT2D eigenvalue weighted by atomic mass is 35.5. The zero-order chi connectivity index (χ0) is 23.4. The van der Waals surface area contributed by atoms with Crippen LogP contribution in [-0.4, -0.2) is 41.5 Å². The fourth-order valence-corrected chi connectivity index (χ4v) is 5.29. The van der Waals surface area contributed by atoms with Crippen molar-refractivity contribution in [3.8, 4) is 0 Å². The largest absolute Gasteiger partial charge is 0.351 e. The number of nitrogens with one attached hydrogen (secondary N) is 2. The molecule has 1 aromatic carbocycles. The number of halogens is 1. The molecule has 0 bridgehead atoms. The Balaban J connectivity index is 1.60. The molecule has 1 saturated carbocycles. The van der Waals surface area contributed by atoms with Crippen LogP contribution in [0.25, 0.3) is 0 Å². The third kappa shape index (κ3) is 6.46. The number of hydrogen-bond donors (Lipinski definition) is 3. The Labute approximate surface area is 197 Å². The molecule has 1 aliphatic heterocycles. The van der Waals surface area contributed by atoms with Crippen LogP contribution in [-0.2, 0) is 16.0 Å². The SMILES string of the molecule is CC(C)(C)NC(=O)C1(C2CCCCC2)CCN(NC(=O)[C@H](N)Cc2ccc(Cl)cc2)CC1. The molecule has 1 saturated heterocycles. The van der Waals surface area contributed by atoms with Gasteiger partial charge >= 0.3 is 0 Å². The lowest BCUT2D eigenvalue weighted by Gasteiger charge is -2.47. The summed E-state index contributed by atoms with van der Waals surface area (Å²) in [5.41, 5.74) is 9.53. The van der Waals surface area contributed by atoms with Gasteiger partial charge in [0.05, 0.1) is 11.5 Å². The van der Waals surface area contributed by atoms with Crippen LogP contribution in [0.3, 0.4) is 0 Å². The van der Waals surface area contributed by atoms with Crippen molar-refractivity contribution in [3.05, 3.63) is 34.9 Å². The van der Waals surface area contributed by atoms with Gasteiger partial charge in [0.1, 0.15) is 0 Å². The lowest BCUT2D eigenvalue weighted by atomic mass is 9.63. The van der Waals surface area contributed by atoms with Crippen molar-refractivity contribution >= 4 is 23.4 Å².